The smallest absolute Gasteiger partial charge is 0.357 e. The molecule has 12 heteroatoms. The average Bonchev–Trinajstić information content (AvgIpc) is 3.43. The van der Waals surface area contributed by atoms with E-state index in [0.717, 1.165) is 12.6 Å². The average molecular weight is 594 g/mol. The van der Waals surface area contributed by atoms with Crippen LogP contribution in [0.25, 0.3) is 10.9 Å². The fourth-order valence-electron chi connectivity index (χ4n) is 4.85. The van der Waals surface area contributed by atoms with Gasteiger partial charge in [0.05, 0.1) is 13.2 Å². The molecule has 0 unspecified atom stereocenters. The number of fused-ring (bicyclic) bond motifs is 1. The molecule has 4 N–H and O–H groups in total. The molecule has 43 heavy (non-hydrogen) atoms. The quantitative estimate of drug-likeness (QED) is 0.182. The van der Waals surface area contributed by atoms with Crippen LogP contribution in [0.4, 0.5) is 0 Å². The van der Waals surface area contributed by atoms with E-state index in [1.165, 1.54) is 13.2 Å². The van der Waals surface area contributed by atoms with Crippen LogP contribution in [0.3, 0.4) is 0 Å². The SMILES string of the molecule is C=CN=C(C=C)C(=O)OCC(=O)[C@H](C[C@@H]1CCCNC1=O)NC(=O)[C@H](CC(C)C)NC(=O)c1cc2c(OC)cccc2[nH]1. The molecule has 230 valence electrons. The van der Waals surface area contributed by atoms with Crippen LogP contribution in [-0.4, -0.2) is 72.5 Å². The molecule has 1 aromatic carbocycles. The molecule has 0 spiro atoms. The molecule has 1 saturated heterocycles. The monoisotopic (exact) mass is 593 g/mol. The number of methoxy groups -OCH3 is 1. The molecule has 1 aliphatic rings. The molecule has 3 rings (SSSR count). The summed E-state index contributed by atoms with van der Waals surface area (Å²) in [6, 6.07) is 4.87. The first-order valence-electron chi connectivity index (χ1n) is 14.1. The second-order valence-electron chi connectivity index (χ2n) is 10.6. The molecule has 0 aliphatic carbocycles. The van der Waals surface area contributed by atoms with Gasteiger partial charge in [0.25, 0.3) is 5.91 Å². The Labute approximate surface area is 250 Å². The lowest BCUT2D eigenvalue weighted by Gasteiger charge is -2.28. The predicted molar refractivity (Wildman–Crippen MR) is 162 cm³/mol. The van der Waals surface area contributed by atoms with Gasteiger partial charge < -0.3 is 30.4 Å². The van der Waals surface area contributed by atoms with Gasteiger partial charge in [-0.1, -0.05) is 33.1 Å². The number of carbonyl (C=O) groups excluding carboxylic acids is 5. The van der Waals surface area contributed by atoms with Crippen molar-refractivity contribution in [3.8, 4) is 5.75 Å². The van der Waals surface area contributed by atoms with Gasteiger partial charge in [-0.2, -0.15) is 0 Å². The van der Waals surface area contributed by atoms with Crippen molar-refractivity contribution >= 4 is 46.1 Å². The van der Waals surface area contributed by atoms with E-state index in [1.54, 1.807) is 24.3 Å². The molecule has 0 bridgehead atoms. The summed E-state index contributed by atoms with van der Waals surface area (Å²) in [7, 11) is 1.54. The minimum absolute atomic E-state index is 0.00712. The van der Waals surface area contributed by atoms with Crippen LogP contribution in [0, 0.1) is 11.8 Å². The number of rotatable bonds is 15. The highest BCUT2D eigenvalue weighted by Gasteiger charge is 2.33. The van der Waals surface area contributed by atoms with Crippen LogP contribution < -0.4 is 20.7 Å². The van der Waals surface area contributed by atoms with Crippen molar-refractivity contribution in [3.63, 3.8) is 0 Å². The van der Waals surface area contributed by atoms with Crippen molar-refractivity contribution in [2.24, 2.45) is 16.8 Å². The highest BCUT2D eigenvalue weighted by molar-refractivity contribution is 6.41. The predicted octanol–water partition coefficient (Wildman–Crippen LogP) is 2.60. The highest BCUT2D eigenvalue weighted by Crippen LogP contribution is 2.26. The van der Waals surface area contributed by atoms with Gasteiger partial charge in [-0.3, -0.25) is 19.2 Å². The maximum Gasteiger partial charge on any atom is 0.357 e. The number of H-pyrrole nitrogens is 1. The number of aromatic nitrogens is 1. The van der Waals surface area contributed by atoms with Gasteiger partial charge >= 0.3 is 5.97 Å². The minimum atomic E-state index is -1.15. The third-order valence-electron chi connectivity index (χ3n) is 7.02. The molecule has 2 heterocycles. The lowest BCUT2D eigenvalue weighted by Crippen LogP contribution is -2.54. The van der Waals surface area contributed by atoms with Crippen molar-refractivity contribution in [2.75, 3.05) is 20.3 Å². The van der Waals surface area contributed by atoms with E-state index in [-0.39, 0.29) is 36.1 Å². The van der Waals surface area contributed by atoms with Crippen molar-refractivity contribution in [2.45, 2.75) is 51.6 Å². The van der Waals surface area contributed by atoms with Gasteiger partial charge in [0.2, 0.25) is 11.8 Å². The molecule has 12 nitrogen and oxygen atoms in total. The lowest BCUT2D eigenvalue weighted by atomic mass is 9.90. The van der Waals surface area contributed by atoms with Crippen LogP contribution >= 0.6 is 0 Å². The largest absolute Gasteiger partial charge is 0.496 e. The van der Waals surface area contributed by atoms with E-state index >= 15 is 0 Å². The number of aliphatic imine (C=N–C) groups is 1. The summed E-state index contributed by atoms with van der Waals surface area (Å²) < 4.78 is 10.5. The maximum absolute atomic E-state index is 13.6. The van der Waals surface area contributed by atoms with Crippen molar-refractivity contribution in [1.82, 2.24) is 20.9 Å². The molecule has 1 aliphatic heterocycles. The number of amides is 3. The first-order chi connectivity index (χ1) is 20.6. The number of ether oxygens (including phenoxy) is 2. The Morgan fingerprint density at radius 2 is 1.93 bits per heavy atom. The van der Waals surface area contributed by atoms with Crippen LogP contribution in [-0.2, 0) is 23.9 Å². The number of carbonyl (C=O) groups is 5. The fourth-order valence-corrected chi connectivity index (χ4v) is 4.85. The number of nitrogens with zero attached hydrogens (tertiary/aromatic N) is 1. The second-order valence-corrected chi connectivity index (χ2v) is 10.6. The number of piperidine rings is 1. The number of hydrogen-bond acceptors (Lipinski definition) is 8. The summed E-state index contributed by atoms with van der Waals surface area (Å²) in [5.74, 6) is -2.75. The molecule has 2 aromatic rings. The third kappa shape index (κ3) is 8.87. The third-order valence-corrected chi connectivity index (χ3v) is 7.02. The Morgan fingerprint density at radius 3 is 2.58 bits per heavy atom. The Balaban J connectivity index is 1.79. The van der Waals surface area contributed by atoms with E-state index in [9.17, 15) is 24.0 Å². The normalized spacial score (nSPS) is 16.5. The number of ketones is 1. The van der Waals surface area contributed by atoms with Crippen LogP contribution in [0.5, 0.6) is 5.75 Å². The molecule has 1 aromatic heterocycles. The van der Waals surface area contributed by atoms with Crippen molar-refractivity contribution in [3.05, 3.63) is 55.4 Å². The van der Waals surface area contributed by atoms with Gasteiger partial charge in [-0.25, -0.2) is 9.79 Å². The van der Waals surface area contributed by atoms with E-state index in [1.807, 2.05) is 13.8 Å². The van der Waals surface area contributed by atoms with Gasteiger partial charge in [0.15, 0.2) is 12.4 Å². The number of benzene rings is 1. The van der Waals surface area contributed by atoms with Crippen molar-refractivity contribution < 1.29 is 33.4 Å². The molecule has 1 fully saturated rings. The van der Waals surface area contributed by atoms with Crippen molar-refractivity contribution in [1.29, 1.82) is 0 Å². The number of aromatic amines is 1. The Hall–Kier alpha value is -4.74. The van der Waals surface area contributed by atoms with Crippen LogP contribution in [0.1, 0.15) is 50.0 Å². The summed E-state index contributed by atoms with van der Waals surface area (Å²) in [6.45, 7) is 10.6. The lowest BCUT2D eigenvalue weighted by molar-refractivity contribution is -0.143. The van der Waals surface area contributed by atoms with Crippen LogP contribution in [0.2, 0.25) is 0 Å². The fraction of sp³-hybridized carbons (Fsp3) is 0.419. The summed E-state index contributed by atoms with van der Waals surface area (Å²) >= 11 is 0. The molecular formula is C31H39N5O7. The molecule has 3 amide bonds. The van der Waals surface area contributed by atoms with Gasteiger partial charge in [0.1, 0.15) is 23.2 Å². The number of esters is 1. The number of hydrogen-bond donors (Lipinski definition) is 4. The first kappa shape index (κ1) is 32.8. The van der Waals surface area contributed by atoms with E-state index in [2.05, 4.69) is 39.1 Å². The van der Waals surface area contributed by atoms with Gasteiger partial charge in [-0.15, -0.1) is 0 Å². The molecule has 3 atom stereocenters. The second kappa shape index (κ2) is 15.5. The maximum atomic E-state index is 13.6. The standard InChI is InChI=1S/C31H39N5O7/c1-6-21(32-7-2)31(41)43-17-26(37)23(15-19-10-9-13-33-28(19)38)35-29(39)24(14-18(3)4)36-30(40)25-16-20-22(34-25)11-8-12-27(20)42-5/h6-8,11-12,16,18-19,23-24,34H,1-2,9-10,13-15,17H2,3-5H3,(H,33,38)(H,35,39)(H,36,40)/t19-,23-,24-/m0/s1. The van der Waals surface area contributed by atoms with Crippen LogP contribution in [0.15, 0.2) is 54.7 Å². The summed E-state index contributed by atoms with van der Waals surface area (Å²) in [6.07, 6.45) is 3.85. The Morgan fingerprint density at radius 1 is 1.16 bits per heavy atom. The molecular weight excluding hydrogens is 554 g/mol. The summed E-state index contributed by atoms with van der Waals surface area (Å²) in [5, 5.41) is 8.97. The molecule has 0 radical (unpaired) electrons. The zero-order chi connectivity index (χ0) is 31.5. The zero-order valence-corrected chi connectivity index (χ0v) is 24.7. The highest BCUT2D eigenvalue weighted by atomic mass is 16.5. The van der Waals surface area contributed by atoms with E-state index in [0.29, 0.717) is 29.6 Å². The van der Waals surface area contributed by atoms with Gasteiger partial charge in [0, 0.05) is 29.6 Å². The minimum Gasteiger partial charge on any atom is -0.496 e. The van der Waals surface area contributed by atoms with E-state index in [4.69, 9.17) is 9.47 Å². The Bertz CT molecular complexity index is 1410. The summed E-state index contributed by atoms with van der Waals surface area (Å²) in [4.78, 5) is 71.7. The zero-order valence-electron chi connectivity index (χ0n) is 24.7. The first-order valence-corrected chi connectivity index (χ1v) is 14.1. The number of nitrogens with one attached hydrogen (secondary N) is 4. The Kier molecular flexibility index (Phi) is 11.8. The van der Waals surface area contributed by atoms with E-state index < -0.39 is 48.2 Å². The van der Waals surface area contributed by atoms with Gasteiger partial charge in [-0.05, 0) is 55.9 Å². The molecule has 0 saturated carbocycles. The topological polar surface area (TPSA) is 168 Å². The summed E-state index contributed by atoms with van der Waals surface area (Å²) in [5.41, 5.74) is 0.793. The number of Topliss-reactive ketones (excluding diaryl/α,β-unsaturated/α-hetero) is 1.